The average Bonchev–Trinajstić information content (AvgIpc) is 2.72. The Hall–Kier alpha value is -3.32. The standard InChI is InChI=1S/C24H26N2O4S/c1-16-6-9-21(10-7-16)26-31(28,29)22-13-11-20(12-14-22)25-24(27)19(4)30-23-15-17(2)5-8-18(23)3/h5-15,19,26H,1-4H3,(H,25,27)/t19-/m1/s1. The molecule has 0 aromatic heterocycles. The summed E-state index contributed by atoms with van der Waals surface area (Å²) in [5.74, 6) is 0.334. The second kappa shape index (κ2) is 9.22. The molecule has 0 fully saturated rings. The van der Waals surface area contributed by atoms with E-state index in [4.69, 9.17) is 4.74 Å². The zero-order valence-corrected chi connectivity index (χ0v) is 18.8. The van der Waals surface area contributed by atoms with Gasteiger partial charge in [0.25, 0.3) is 15.9 Å². The van der Waals surface area contributed by atoms with Gasteiger partial charge in [-0.25, -0.2) is 8.42 Å². The van der Waals surface area contributed by atoms with Gasteiger partial charge in [0.05, 0.1) is 4.90 Å². The van der Waals surface area contributed by atoms with Crippen LogP contribution >= 0.6 is 0 Å². The van der Waals surface area contributed by atoms with Crippen LogP contribution in [0.5, 0.6) is 5.75 Å². The zero-order valence-electron chi connectivity index (χ0n) is 18.0. The van der Waals surface area contributed by atoms with E-state index in [9.17, 15) is 13.2 Å². The zero-order chi connectivity index (χ0) is 22.6. The summed E-state index contributed by atoms with van der Waals surface area (Å²) in [6, 6.07) is 18.9. The average molecular weight is 439 g/mol. The largest absolute Gasteiger partial charge is 0.481 e. The van der Waals surface area contributed by atoms with E-state index < -0.39 is 16.1 Å². The Morgan fingerprint density at radius 3 is 2.06 bits per heavy atom. The van der Waals surface area contributed by atoms with Gasteiger partial charge in [-0.2, -0.15) is 0 Å². The number of rotatable bonds is 7. The van der Waals surface area contributed by atoms with Crippen molar-refractivity contribution >= 4 is 27.3 Å². The second-order valence-corrected chi connectivity index (χ2v) is 9.20. The minimum Gasteiger partial charge on any atom is -0.481 e. The van der Waals surface area contributed by atoms with Gasteiger partial charge in [0.15, 0.2) is 6.10 Å². The Morgan fingerprint density at radius 1 is 0.839 bits per heavy atom. The molecule has 3 aromatic rings. The summed E-state index contributed by atoms with van der Waals surface area (Å²) in [4.78, 5) is 12.6. The van der Waals surface area contributed by atoms with Crippen molar-refractivity contribution in [2.75, 3.05) is 10.0 Å². The minimum atomic E-state index is -3.72. The highest BCUT2D eigenvalue weighted by atomic mass is 32.2. The van der Waals surface area contributed by atoms with Crippen LogP contribution in [0.4, 0.5) is 11.4 Å². The van der Waals surface area contributed by atoms with Crippen molar-refractivity contribution in [3.05, 3.63) is 83.4 Å². The third-order valence-corrected chi connectivity index (χ3v) is 6.15. The number of benzene rings is 3. The van der Waals surface area contributed by atoms with E-state index >= 15 is 0 Å². The fraction of sp³-hybridized carbons (Fsp3) is 0.208. The lowest BCUT2D eigenvalue weighted by Crippen LogP contribution is -2.30. The van der Waals surface area contributed by atoms with Crippen molar-refractivity contribution in [1.29, 1.82) is 0 Å². The summed E-state index contributed by atoms with van der Waals surface area (Å²) in [5, 5.41) is 2.75. The molecule has 7 heteroatoms. The van der Waals surface area contributed by atoms with Crippen LogP contribution in [0.25, 0.3) is 0 Å². The van der Waals surface area contributed by atoms with E-state index in [2.05, 4.69) is 10.0 Å². The quantitative estimate of drug-likeness (QED) is 0.554. The fourth-order valence-electron chi connectivity index (χ4n) is 2.88. The monoisotopic (exact) mass is 438 g/mol. The topological polar surface area (TPSA) is 84.5 Å². The first-order valence-corrected chi connectivity index (χ1v) is 11.4. The van der Waals surface area contributed by atoms with Crippen molar-refractivity contribution < 1.29 is 17.9 Å². The highest BCUT2D eigenvalue weighted by Crippen LogP contribution is 2.22. The minimum absolute atomic E-state index is 0.103. The van der Waals surface area contributed by atoms with Gasteiger partial charge < -0.3 is 10.1 Å². The first-order valence-electron chi connectivity index (χ1n) is 9.88. The molecule has 0 saturated heterocycles. The molecule has 0 aliphatic rings. The molecule has 0 aliphatic carbocycles. The van der Waals surface area contributed by atoms with Crippen LogP contribution in [0.1, 0.15) is 23.6 Å². The maximum atomic E-state index is 12.6. The smallest absolute Gasteiger partial charge is 0.265 e. The first kappa shape index (κ1) is 22.4. The van der Waals surface area contributed by atoms with Gasteiger partial charge in [0.1, 0.15) is 5.75 Å². The number of nitrogens with one attached hydrogen (secondary N) is 2. The maximum absolute atomic E-state index is 12.6. The molecule has 3 aromatic carbocycles. The summed E-state index contributed by atoms with van der Waals surface area (Å²) in [7, 11) is -3.72. The van der Waals surface area contributed by atoms with Gasteiger partial charge in [-0.05, 0) is 81.3 Å². The predicted octanol–water partition coefficient (Wildman–Crippen LogP) is 4.82. The molecule has 0 heterocycles. The Balaban J connectivity index is 1.64. The summed E-state index contributed by atoms with van der Waals surface area (Å²) >= 11 is 0. The number of hydrogen-bond acceptors (Lipinski definition) is 4. The van der Waals surface area contributed by atoms with Crippen LogP contribution in [0.2, 0.25) is 0 Å². The van der Waals surface area contributed by atoms with Crippen molar-refractivity contribution in [1.82, 2.24) is 0 Å². The first-order chi connectivity index (χ1) is 14.6. The highest BCUT2D eigenvalue weighted by Gasteiger charge is 2.18. The lowest BCUT2D eigenvalue weighted by Gasteiger charge is -2.17. The second-order valence-electron chi connectivity index (χ2n) is 7.51. The molecule has 2 N–H and O–H groups in total. The van der Waals surface area contributed by atoms with E-state index in [0.717, 1.165) is 16.7 Å². The Morgan fingerprint density at radius 2 is 1.42 bits per heavy atom. The van der Waals surface area contributed by atoms with Crippen LogP contribution in [-0.2, 0) is 14.8 Å². The molecule has 0 saturated carbocycles. The van der Waals surface area contributed by atoms with Gasteiger partial charge in [-0.15, -0.1) is 0 Å². The molecule has 0 radical (unpaired) electrons. The van der Waals surface area contributed by atoms with Crippen LogP contribution < -0.4 is 14.8 Å². The number of amides is 1. The number of carbonyl (C=O) groups is 1. The molecule has 3 rings (SSSR count). The van der Waals surface area contributed by atoms with Gasteiger partial charge in [-0.1, -0.05) is 29.8 Å². The maximum Gasteiger partial charge on any atom is 0.265 e. The Bertz CT molecular complexity index is 1170. The molecule has 1 amide bonds. The number of aryl methyl sites for hydroxylation is 3. The number of carbonyl (C=O) groups excluding carboxylic acids is 1. The van der Waals surface area contributed by atoms with Crippen LogP contribution in [0, 0.1) is 20.8 Å². The van der Waals surface area contributed by atoms with E-state index in [0.29, 0.717) is 17.1 Å². The summed E-state index contributed by atoms with van der Waals surface area (Å²) in [6.45, 7) is 7.48. The van der Waals surface area contributed by atoms with Crippen LogP contribution in [0.3, 0.4) is 0 Å². The van der Waals surface area contributed by atoms with Gasteiger partial charge in [-0.3, -0.25) is 9.52 Å². The van der Waals surface area contributed by atoms with Crippen molar-refractivity contribution in [3.8, 4) is 5.75 Å². The lowest BCUT2D eigenvalue weighted by molar-refractivity contribution is -0.122. The Labute approximate surface area is 183 Å². The third kappa shape index (κ3) is 5.86. The molecular weight excluding hydrogens is 412 g/mol. The molecule has 0 bridgehead atoms. The van der Waals surface area contributed by atoms with Crippen molar-refractivity contribution in [3.63, 3.8) is 0 Å². The SMILES string of the molecule is Cc1ccc(NS(=O)(=O)c2ccc(NC(=O)[C@@H](C)Oc3cc(C)ccc3C)cc2)cc1. The molecule has 0 aliphatic heterocycles. The van der Waals surface area contributed by atoms with E-state index in [1.807, 2.05) is 51.1 Å². The van der Waals surface area contributed by atoms with Gasteiger partial charge in [0.2, 0.25) is 0 Å². The normalized spacial score (nSPS) is 12.1. The molecule has 0 unspecified atom stereocenters. The summed E-state index contributed by atoms with van der Waals surface area (Å²) in [6.07, 6.45) is -0.716. The molecule has 6 nitrogen and oxygen atoms in total. The van der Waals surface area contributed by atoms with Crippen molar-refractivity contribution in [2.24, 2.45) is 0 Å². The number of sulfonamides is 1. The van der Waals surface area contributed by atoms with Crippen LogP contribution in [0.15, 0.2) is 71.6 Å². The van der Waals surface area contributed by atoms with E-state index in [1.165, 1.54) is 12.1 Å². The molecule has 162 valence electrons. The number of anilines is 2. The molecule has 0 spiro atoms. The highest BCUT2D eigenvalue weighted by molar-refractivity contribution is 7.92. The van der Waals surface area contributed by atoms with E-state index in [1.54, 1.807) is 31.2 Å². The summed E-state index contributed by atoms with van der Waals surface area (Å²) < 4.78 is 33.5. The summed E-state index contributed by atoms with van der Waals surface area (Å²) in [5.41, 5.74) is 4.00. The Kier molecular flexibility index (Phi) is 6.65. The number of hydrogen-bond donors (Lipinski definition) is 2. The van der Waals surface area contributed by atoms with E-state index in [-0.39, 0.29) is 10.8 Å². The third-order valence-electron chi connectivity index (χ3n) is 4.75. The van der Waals surface area contributed by atoms with Crippen molar-refractivity contribution in [2.45, 2.75) is 38.7 Å². The number of ether oxygens (including phenoxy) is 1. The molecular formula is C24H26N2O4S. The molecule has 1 atom stereocenters. The fourth-order valence-corrected chi connectivity index (χ4v) is 3.93. The van der Waals surface area contributed by atoms with Crippen LogP contribution in [-0.4, -0.2) is 20.4 Å². The van der Waals surface area contributed by atoms with Gasteiger partial charge >= 0.3 is 0 Å². The molecule has 31 heavy (non-hydrogen) atoms. The van der Waals surface area contributed by atoms with Gasteiger partial charge in [0, 0.05) is 11.4 Å². The predicted molar refractivity (Wildman–Crippen MR) is 123 cm³/mol. The lowest BCUT2D eigenvalue weighted by atomic mass is 10.1.